The van der Waals surface area contributed by atoms with Crippen LogP contribution in [0.1, 0.15) is 97.3 Å². The third-order valence-electron chi connectivity index (χ3n) is 5.09. The molecule has 0 radical (unpaired) electrons. The fourth-order valence-corrected chi connectivity index (χ4v) is 3.38. The minimum atomic E-state index is -2.64. The first-order valence-electron chi connectivity index (χ1n) is 10.2. The summed E-state index contributed by atoms with van der Waals surface area (Å²) in [5, 5.41) is 38.3. The highest BCUT2D eigenvalue weighted by atomic mass is 16.4. The molecular formula is C20H38O6. The Hall–Kier alpha value is -1.14. The number of hydrogen-bond donors (Lipinski definition) is 4. The number of aliphatic hydroxyl groups excluding tert-OH is 1. The van der Waals surface area contributed by atoms with Crippen molar-refractivity contribution in [1.29, 1.82) is 0 Å². The van der Waals surface area contributed by atoms with Crippen LogP contribution in [-0.2, 0) is 9.59 Å². The van der Waals surface area contributed by atoms with Gasteiger partial charge in [-0.15, -0.1) is 0 Å². The molecule has 0 saturated heterocycles. The standard InChI is InChI=1S/C20H38O6/c1-3-5-7-9-10-12-14-16(13-11-8-6-4-2)15-20(26,19(24)25)17(21)18(22)23/h16-17,21,26H,3-15H2,1-2H3,(H,22,23)(H,24,25). The second kappa shape index (κ2) is 14.0. The first kappa shape index (κ1) is 24.9. The Morgan fingerprint density at radius 3 is 1.65 bits per heavy atom. The van der Waals surface area contributed by atoms with Gasteiger partial charge in [0, 0.05) is 0 Å². The minimum absolute atomic E-state index is 0.104. The van der Waals surface area contributed by atoms with E-state index in [-0.39, 0.29) is 12.3 Å². The first-order chi connectivity index (χ1) is 12.3. The highest BCUT2D eigenvalue weighted by Crippen LogP contribution is 2.30. The molecule has 3 atom stereocenters. The van der Waals surface area contributed by atoms with Gasteiger partial charge in [-0.1, -0.05) is 90.9 Å². The lowest BCUT2D eigenvalue weighted by Crippen LogP contribution is -2.54. The van der Waals surface area contributed by atoms with Crippen LogP contribution in [0.4, 0.5) is 0 Å². The molecule has 0 aliphatic carbocycles. The van der Waals surface area contributed by atoms with E-state index >= 15 is 0 Å². The van der Waals surface area contributed by atoms with Crippen LogP contribution < -0.4 is 0 Å². The van der Waals surface area contributed by atoms with Crippen LogP contribution in [0.2, 0.25) is 0 Å². The van der Waals surface area contributed by atoms with Crippen LogP contribution >= 0.6 is 0 Å². The Morgan fingerprint density at radius 1 is 0.808 bits per heavy atom. The molecule has 0 saturated carbocycles. The van der Waals surface area contributed by atoms with Crippen LogP contribution in [0.25, 0.3) is 0 Å². The van der Waals surface area contributed by atoms with Gasteiger partial charge in [0.1, 0.15) is 0 Å². The number of unbranched alkanes of at least 4 members (excludes halogenated alkanes) is 8. The van der Waals surface area contributed by atoms with E-state index in [1.807, 2.05) is 0 Å². The number of aliphatic hydroxyl groups is 2. The summed E-state index contributed by atoms with van der Waals surface area (Å²) in [5.41, 5.74) is -2.64. The smallest absolute Gasteiger partial charge is 0.339 e. The topological polar surface area (TPSA) is 115 Å². The van der Waals surface area contributed by atoms with Gasteiger partial charge in [0.2, 0.25) is 0 Å². The van der Waals surface area contributed by atoms with Gasteiger partial charge < -0.3 is 20.4 Å². The van der Waals surface area contributed by atoms with Crippen molar-refractivity contribution in [2.45, 2.75) is 109 Å². The zero-order valence-electron chi connectivity index (χ0n) is 16.5. The van der Waals surface area contributed by atoms with Gasteiger partial charge in [0.25, 0.3) is 0 Å². The van der Waals surface area contributed by atoms with E-state index in [0.717, 1.165) is 57.8 Å². The van der Waals surface area contributed by atoms with Gasteiger partial charge in [0.05, 0.1) is 0 Å². The van der Waals surface area contributed by atoms with Gasteiger partial charge in [-0.05, 0) is 12.3 Å². The highest BCUT2D eigenvalue weighted by Gasteiger charge is 2.48. The maximum Gasteiger partial charge on any atom is 0.339 e. The third-order valence-corrected chi connectivity index (χ3v) is 5.09. The van der Waals surface area contributed by atoms with Gasteiger partial charge >= 0.3 is 11.9 Å². The Kier molecular flexibility index (Phi) is 13.4. The number of carbonyl (C=O) groups is 2. The molecule has 0 aromatic heterocycles. The molecule has 0 aliphatic heterocycles. The summed E-state index contributed by atoms with van der Waals surface area (Å²) in [6.45, 7) is 4.27. The highest BCUT2D eigenvalue weighted by molar-refractivity contribution is 5.87. The Labute approximate surface area is 157 Å². The summed E-state index contributed by atoms with van der Waals surface area (Å²) >= 11 is 0. The van der Waals surface area contributed by atoms with Crippen LogP contribution in [0, 0.1) is 5.92 Å². The van der Waals surface area contributed by atoms with Crippen molar-refractivity contribution in [3.63, 3.8) is 0 Å². The fourth-order valence-electron chi connectivity index (χ4n) is 3.38. The lowest BCUT2D eigenvalue weighted by atomic mass is 9.81. The van der Waals surface area contributed by atoms with E-state index in [4.69, 9.17) is 5.11 Å². The van der Waals surface area contributed by atoms with E-state index in [9.17, 15) is 24.9 Å². The Balaban J connectivity index is 4.77. The van der Waals surface area contributed by atoms with E-state index < -0.39 is 23.6 Å². The number of carboxylic acids is 2. The molecule has 0 aliphatic rings. The van der Waals surface area contributed by atoms with Crippen molar-refractivity contribution < 1.29 is 30.0 Å². The maximum absolute atomic E-state index is 11.5. The van der Waals surface area contributed by atoms with E-state index in [2.05, 4.69) is 13.8 Å². The molecule has 6 heteroatoms. The molecule has 0 rings (SSSR count). The summed E-state index contributed by atoms with van der Waals surface area (Å²) in [5.74, 6) is -3.48. The van der Waals surface area contributed by atoms with Crippen LogP contribution in [0.3, 0.4) is 0 Å². The molecule has 26 heavy (non-hydrogen) atoms. The summed E-state index contributed by atoms with van der Waals surface area (Å²) in [6, 6.07) is 0. The van der Waals surface area contributed by atoms with Gasteiger partial charge in [0.15, 0.2) is 11.7 Å². The summed E-state index contributed by atoms with van der Waals surface area (Å²) < 4.78 is 0. The fraction of sp³-hybridized carbons (Fsp3) is 0.900. The molecule has 0 spiro atoms. The predicted octanol–water partition coefficient (Wildman–Crippen LogP) is 3.97. The van der Waals surface area contributed by atoms with Gasteiger partial charge in [-0.25, -0.2) is 9.59 Å². The quantitative estimate of drug-likeness (QED) is 0.286. The Bertz CT molecular complexity index is 398. The molecular weight excluding hydrogens is 336 g/mol. The molecule has 0 heterocycles. The lowest BCUT2D eigenvalue weighted by molar-refractivity contribution is -0.186. The molecule has 154 valence electrons. The van der Waals surface area contributed by atoms with Crippen molar-refractivity contribution in [1.82, 2.24) is 0 Å². The molecule has 0 aromatic carbocycles. The zero-order valence-corrected chi connectivity index (χ0v) is 16.5. The maximum atomic E-state index is 11.5. The van der Waals surface area contributed by atoms with Gasteiger partial charge in [-0.2, -0.15) is 0 Å². The van der Waals surface area contributed by atoms with Gasteiger partial charge in [-0.3, -0.25) is 0 Å². The van der Waals surface area contributed by atoms with Crippen molar-refractivity contribution in [3.05, 3.63) is 0 Å². The van der Waals surface area contributed by atoms with E-state index in [1.54, 1.807) is 0 Å². The normalized spacial score (nSPS) is 16.0. The summed E-state index contributed by atoms with van der Waals surface area (Å²) in [6.07, 6.45) is 9.82. The third kappa shape index (κ3) is 9.53. The number of aliphatic carboxylic acids is 2. The van der Waals surface area contributed by atoms with Crippen LogP contribution in [0.5, 0.6) is 0 Å². The lowest BCUT2D eigenvalue weighted by Gasteiger charge is -2.30. The summed E-state index contributed by atoms with van der Waals surface area (Å²) in [7, 11) is 0. The van der Waals surface area contributed by atoms with Crippen molar-refractivity contribution in [2.24, 2.45) is 5.92 Å². The molecule has 0 bridgehead atoms. The predicted molar refractivity (Wildman–Crippen MR) is 101 cm³/mol. The van der Waals surface area contributed by atoms with Crippen molar-refractivity contribution in [2.75, 3.05) is 0 Å². The monoisotopic (exact) mass is 374 g/mol. The van der Waals surface area contributed by atoms with E-state index in [0.29, 0.717) is 0 Å². The number of carboxylic acid groups (broad SMARTS) is 2. The average molecular weight is 375 g/mol. The molecule has 0 aromatic rings. The van der Waals surface area contributed by atoms with Crippen molar-refractivity contribution >= 4 is 11.9 Å². The zero-order chi connectivity index (χ0) is 20.0. The van der Waals surface area contributed by atoms with E-state index in [1.165, 1.54) is 19.3 Å². The second-order valence-electron chi connectivity index (χ2n) is 7.45. The molecule has 0 amide bonds. The van der Waals surface area contributed by atoms with Crippen LogP contribution in [-0.4, -0.2) is 44.1 Å². The van der Waals surface area contributed by atoms with Crippen molar-refractivity contribution in [3.8, 4) is 0 Å². The molecule has 0 fully saturated rings. The Morgan fingerprint density at radius 2 is 1.23 bits per heavy atom. The molecule has 6 nitrogen and oxygen atoms in total. The first-order valence-corrected chi connectivity index (χ1v) is 10.2. The number of hydrogen-bond acceptors (Lipinski definition) is 4. The second-order valence-corrected chi connectivity index (χ2v) is 7.45. The SMILES string of the molecule is CCCCCCCCC(CCCCCC)CC(O)(C(=O)O)C(O)C(=O)O. The molecule has 3 unspecified atom stereocenters. The average Bonchev–Trinajstić information content (AvgIpc) is 2.60. The number of rotatable bonds is 17. The van der Waals surface area contributed by atoms with Crippen LogP contribution in [0.15, 0.2) is 0 Å². The largest absolute Gasteiger partial charge is 0.479 e. The minimum Gasteiger partial charge on any atom is -0.479 e. The summed E-state index contributed by atoms with van der Waals surface area (Å²) in [4.78, 5) is 22.5. The molecule has 4 N–H and O–H groups in total.